The topological polar surface area (TPSA) is 73.8 Å². The van der Waals surface area contributed by atoms with Crippen LogP contribution in [0, 0.1) is 0 Å². The lowest BCUT2D eigenvalue weighted by Gasteiger charge is -2.30. The summed E-state index contributed by atoms with van der Waals surface area (Å²) in [7, 11) is 1.67. The molecule has 0 N–H and O–H groups in total. The van der Waals surface area contributed by atoms with Gasteiger partial charge in [0.15, 0.2) is 0 Å². The number of alkyl halides is 6. The maximum Gasteiger partial charge on any atom is 0.380 e. The van der Waals surface area contributed by atoms with E-state index >= 15 is 26.3 Å². The molecule has 702 valence electrons. The van der Waals surface area contributed by atoms with Crippen LogP contribution in [0.25, 0.3) is 184 Å². The Morgan fingerprint density at radius 3 is 0.860 bits per heavy atom. The van der Waals surface area contributed by atoms with Crippen LogP contribution >= 0.6 is 22.7 Å². The lowest BCUT2D eigenvalue weighted by atomic mass is 9.72. The molecule has 0 spiro atoms. The number of thiophene rings is 2. The van der Waals surface area contributed by atoms with Crippen molar-refractivity contribution in [1.29, 1.82) is 0 Å². The first kappa shape index (κ1) is 93.0. The van der Waals surface area contributed by atoms with E-state index in [1.54, 1.807) is 75.6 Å². The highest BCUT2D eigenvalue weighted by molar-refractivity contribution is 7.16. The minimum Gasteiger partial charge on any atom is -0.491 e. The number of benzene rings is 17. The summed E-state index contributed by atoms with van der Waals surface area (Å²) in [5, 5.41) is 32.3. The summed E-state index contributed by atoms with van der Waals surface area (Å²) in [4.78, 5) is 1.61. The van der Waals surface area contributed by atoms with Gasteiger partial charge in [0.25, 0.3) is 0 Å². The highest BCUT2D eigenvalue weighted by Gasteiger charge is 2.80. The maximum atomic E-state index is 16.3. The van der Waals surface area contributed by atoms with Crippen LogP contribution in [0.5, 0.6) is 17.2 Å². The van der Waals surface area contributed by atoms with Crippen molar-refractivity contribution in [3.05, 3.63) is 232 Å². The zero-order chi connectivity index (χ0) is 93.2. The Bertz CT molecular complexity index is 7300. The Hall–Kier alpha value is -10.7. The van der Waals surface area contributed by atoms with Gasteiger partial charge in [0.2, 0.25) is 0 Å². The van der Waals surface area contributed by atoms with Gasteiger partial charge in [-0.2, -0.15) is 26.3 Å². The molecule has 0 atom stereocenters. The van der Waals surface area contributed by atoms with E-state index in [4.69, 9.17) is 37.9 Å². The number of allylic oxidation sites excluding steroid dienone is 2. The van der Waals surface area contributed by atoms with E-state index < -0.39 is 28.9 Å². The molecule has 0 saturated heterocycles. The van der Waals surface area contributed by atoms with Gasteiger partial charge in [0.1, 0.15) is 37.1 Å². The van der Waals surface area contributed by atoms with E-state index in [1.165, 1.54) is 281 Å². The van der Waals surface area contributed by atoms with E-state index in [0.717, 1.165) is 69.3 Å². The Morgan fingerprint density at radius 1 is 0.250 bits per heavy atom. The number of halogens is 6. The molecule has 136 heavy (non-hydrogen) atoms. The minimum absolute atomic E-state index is 0.155. The number of methoxy groups -OCH3 is 1. The van der Waals surface area contributed by atoms with Gasteiger partial charge >= 0.3 is 17.8 Å². The lowest BCUT2D eigenvalue weighted by molar-refractivity contribution is -0.254. The largest absolute Gasteiger partial charge is 0.491 e. The van der Waals surface area contributed by atoms with Crippen LogP contribution in [-0.2, 0) is 49.4 Å². The van der Waals surface area contributed by atoms with Crippen molar-refractivity contribution >= 4 is 163 Å². The lowest BCUT2D eigenvalue weighted by Crippen LogP contribution is -2.48. The van der Waals surface area contributed by atoms with Gasteiger partial charge in [-0.3, -0.25) is 0 Å². The van der Waals surface area contributed by atoms with Crippen LogP contribution in [0.2, 0.25) is 0 Å². The van der Waals surface area contributed by atoms with Crippen LogP contribution in [0.15, 0.2) is 200 Å². The number of rotatable bonds is 51. The zero-order valence-electron chi connectivity index (χ0n) is 78.9. The molecule has 1 aliphatic rings. The molecule has 0 bridgehead atoms. The third kappa shape index (κ3) is 17.4. The highest BCUT2D eigenvalue weighted by atomic mass is 32.1. The normalized spacial score (nSPS) is 14.2. The van der Waals surface area contributed by atoms with Crippen LogP contribution < -0.4 is 14.2 Å². The van der Waals surface area contributed by atoms with Gasteiger partial charge in [-0.1, -0.05) is 259 Å². The Balaban J connectivity index is 0.576. The molecule has 8 nitrogen and oxygen atoms in total. The van der Waals surface area contributed by atoms with Gasteiger partial charge < -0.3 is 37.9 Å². The first-order valence-electron chi connectivity index (χ1n) is 50.1. The van der Waals surface area contributed by atoms with E-state index in [2.05, 4.69) is 147 Å². The zero-order valence-corrected chi connectivity index (χ0v) is 80.5. The average Bonchev–Trinajstić information content (AvgIpc) is 0.769. The van der Waals surface area contributed by atoms with E-state index in [1.807, 2.05) is 0 Å². The maximum absolute atomic E-state index is 16.3. The Morgan fingerprint density at radius 2 is 0.529 bits per heavy atom. The van der Waals surface area contributed by atoms with Gasteiger partial charge in [-0.25, -0.2) is 0 Å². The van der Waals surface area contributed by atoms with Crippen LogP contribution in [0.3, 0.4) is 0 Å². The van der Waals surface area contributed by atoms with Crippen LogP contribution in [0.1, 0.15) is 188 Å². The van der Waals surface area contributed by atoms with Gasteiger partial charge in [0.05, 0.1) is 59.5 Å². The SMILES string of the molecule is CCCCCCCCCCCCc1cc2c3cccc4c5cc(-c6ccc(OCCOCCOCCOC)cc6)cc6c7cc(-c8ccc(OCCOCCOCCOc9ccc(-c%10cc(C%11=C(c%12cc(-c%13ccccc%13)sc%12CC)C(F)(F)C(F)(F)C%11(F)F)c(CC)s%10)cc9)cc8)cc8c9cccc%10c%11cc(CCCCCCCCCCCC)cc%12c(c1)c2c1c(c34)c(c56)c(c87)c(c%109)c1c%11%12. The third-order valence-corrected chi connectivity index (χ3v) is 31.5. The molecule has 17 aromatic carbocycles. The molecule has 0 unspecified atom stereocenters. The minimum atomic E-state index is -5.67. The van der Waals surface area contributed by atoms with Crippen molar-refractivity contribution < 1.29 is 64.2 Å². The standard InChI is InChI=1S/C120H120F6O8S2/c1-6-10-12-14-16-18-20-22-24-27-33-75-65-90-86-37-31-39-88-94-69-81(77-41-47-83(48-42-77)132-62-59-129-56-55-128-54-53-127-5)71-96-97-72-82(70-95-89-40-32-38-87-91-66-76(34-28-25-23-21-19-17-15-13-11-7-2)68-93-92(67-75)106(90)112-110(104(86)88)114(108(94)96)115(109(95)97)111(105(87)89)113(112)107(91)93)78-43-49-84(50-44-78)133-63-60-130-57-58-131-61-64-134-85-51-45-80(46-52-85)103-74-99(101(9-4)136-103)117-116(118(121,122)120(125,126)119(117,123)124)98-73-102(135-100(98)8-3)79-35-29-26-30-36-79/h26,29-32,35-52,65-74H,6-25,27-28,33-34,53-64H2,1-5H3. The van der Waals surface area contributed by atoms with Gasteiger partial charge in [-0.05, 0) is 308 Å². The van der Waals surface area contributed by atoms with Crippen LogP contribution in [-0.4, -0.2) is 104 Å². The molecule has 0 aliphatic heterocycles. The number of aryl methyl sites for hydroxylation is 4. The Kier molecular flexibility index (Phi) is 27.9. The number of fused-ring (bicyclic) bond motifs is 6. The van der Waals surface area contributed by atoms with Crippen molar-refractivity contribution in [2.24, 2.45) is 0 Å². The summed E-state index contributed by atoms with van der Waals surface area (Å²) in [5.74, 6) is -14.0. The van der Waals surface area contributed by atoms with Crippen molar-refractivity contribution in [2.75, 3.05) is 86.4 Å². The molecule has 19 aromatic rings. The summed E-state index contributed by atoms with van der Waals surface area (Å²) in [6.45, 7) is 12.7. The van der Waals surface area contributed by atoms with E-state index in [0.29, 0.717) is 102 Å². The van der Waals surface area contributed by atoms with Crippen molar-refractivity contribution in [3.8, 4) is 60.4 Å². The number of hydrogen-bond acceptors (Lipinski definition) is 10. The number of unbranched alkanes of at least 4 members (excludes halogenated alkanes) is 18. The highest BCUT2D eigenvalue weighted by Crippen LogP contribution is 2.68. The van der Waals surface area contributed by atoms with Gasteiger partial charge in [0, 0.05) is 37.8 Å². The second-order valence-electron chi connectivity index (χ2n) is 37.6. The molecule has 0 saturated carbocycles. The molecule has 0 fully saturated rings. The first-order chi connectivity index (χ1) is 66.6. The predicted molar refractivity (Wildman–Crippen MR) is 557 cm³/mol. The fraction of sp³-hybridized carbons (Fsp3) is 0.367. The predicted octanol–water partition coefficient (Wildman–Crippen LogP) is 34.4. The molecular formula is C120H120F6O8S2. The fourth-order valence-corrected chi connectivity index (χ4v) is 24.5. The first-order valence-corrected chi connectivity index (χ1v) is 51.7. The number of hydrogen-bond donors (Lipinski definition) is 0. The Labute approximate surface area is 800 Å². The molecule has 2 heterocycles. The number of ether oxygens (including phenoxy) is 8. The third-order valence-electron chi connectivity index (χ3n) is 28.9. The fourth-order valence-electron chi connectivity index (χ4n) is 22.3. The smallest absolute Gasteiger partial charge is 0.380 e. The van der Waals surface area contributed by atoms with Crippen molar-refractivity contribution in [3.63, 3.8) is 0 Å². The molecule has 0 radical (unpaired) electrons. The summed E-state index contributed by atoms with van der Waals surface area (Å²) in [6.07, 6.45) is 28.6. The molecule has 2 aromatic heterocycles. The average molecular weight is 1870 g/mol. The summed E-state index contributed by atoms with van der Waals surface area (Å²) < 4.78 is 144. The molecule has 1 aliphatic carbocycles. The monoisotopic (exact) mass is 1870 g/mol. The van der Waals surface area contributed by atoms with Crippen molar-refractivity contribution in [2.45, 2.75) is 200 Å². The molecule has 0 amide bonds. The van der Waals surface area contributed by atoms with E-state index in [-0.39, 0.29) is 37.2 Å². The molecule has 20 rings (SSSR count). The van der Waals surface area contributed by atoms with Crippen molar-refractivity contribution in [1.82, 2.24) is 0 Å². The second kappa shape index (κ2) is 40.8. The van der Waals surface area contributed by atoms with Crippen LogP contribution in [0.4, 0.5) is 26.3 Å². The molecular weight excluding hydrogens is 1750 g/mol. The summed E-state index contributed by atoms with van der Waals surface area (Å²) in [5.41, 5.74) is 5.40. The molecule has 16 heteroatoms. The summed E-state index contributed by atoms with van der Waals surface area (Å²) >= 11 is 2.26. The quantitative estimate of drug-likeness (QED) is 0.0162. The second-order valence-corrected chi connectivity index (χ2v) is 39.9. The summed E-state index contributed by atoms with van der Waals surface area (Å²) in [6, 6.07) is 70.6. The van der Waals surface area contributed by atoms with Gasteiger partial charge in [-0.15, -0.1) is 22.7 Å². The van der Waals surface area contributed by atoms with E-state index in [9.17, 15) is 0 Å².